The Bertz CT molecular complexity index is 1070. The van der Waals surface area contributed by atoms with Crippen LogP contribution < -0.4 is 20.5 Å². The van der Waals surface area contributed by atoms with E-state index in [2.05, 4.69) is 21.4 Å². The summed E-state index contributed by atoms with van der Waals surface area (Å²) in [5, 5.41) is 12.2. The molecule has 0 fully saturated rings. The first kappa shape index (κ1) is 20.5. The maximum atomic E-state index is 12.9. The van der Waals surface area contributed by atoms with Crippen LogP contribution in [0.1, 0.15) is 22.5 Å². The van der Waals surface area contributed by atoms with E-state index < -0.39 is 5.91 Å². The summed E-state index contributed by atoms with van der Waals surface area (Å²) >= 11 is 0. The van der Waals surface area contributed by atoms with Crippen LogP contribution in [0.3, 0.4) is 0 Å². The molecule has 0 aliphatic carbocycles. The predicted octanol–water partition coefficient (Wildman–Crippen LogP) is 3.18. The smallest absolute Gasteiger partial charge is 0.267 e. The molecule has 0 bridgehead atoms. The molecule has 8 nitrogen and oxygen atoms in total. The van der Waals surface area contributed by atoms with Crippen LogP contribution in [0.25, 0.3) is 0 Å². The Kier molecular flexibility index (Phi) is 6.74. The third-order valence-corrected chi connectivity index (χ3v) is 3.89. The summed E-state index contributed by atoms with van der Waals surface area (Å²) in [6.07, 6.45) is 1.97. The van der Waals surface area contributed by atoms with Gasteiger partial charge in [0.25, 0.3) is 5.91 Å². The van der Waals surface area contributed by atoms with E-state index in [9.17, 15) is 14.4 Å². The lowest BCUT2D eigenvalue weighted by Gasteiger charge is -2.11. The summed E-state index contributed by atoms with van der Waals surface area (Å²) in [5.74, 6) is 0.158. The summed E-state index contributed by atoms with van der Waals surface area (Å²) in [7, 11) is 0. The molecule has 3 N–H and O–H groups in total. The lowest BCUT2D eigenvalue weighted by Crippen LogP contribution is -2.14. The Hall–Kier alpha value is -4.19. The molecule has 3 aromatic rings. The summed E-state index contributed by atoms with van der Waals surface area (Å²) < 4.78 is 24.1. The van der Waals surface area contributed by atoms with Crippen molar-refractivity contribution in [2.24, 2.45) is 5.73 Å². The van der Waals surface area contributed by atoms with Crippen molar-refractivity contribution in [1.29, 1.82) is 5.26 Å². The Labute approximate surface area is 172 Å². The molecule has 0 saturated heterocycles. The number of nitriles is 1. The third kappa shape index (κ3) is 5.65. The first-order valence-electron chi connectivity index (χ1n) is 9.00. The quantitative estimate of drug-likeness (QED) is 0.522. The minimum absolute atomic E-state index is 0.0822. The number of rotatable bonds is 9. The van der Waals surface area contributed by atoms with Crippen molar-refractivity contribution >= 4 is 17.5 Å². The van der Waals surface area contributed by atoms with E-state index in [1.54, 1.807) is 30.3 Å². The number of aromatic nitrogens is 2. The molecule has 9 heteroatoms. The number of nitrogens with two attached hydrogens (primary N) is 1. The Morgan fingerprint density at radius 3 is 2.63 bits per heavy atom. The molecule has 0 atom stereocenters. The van der Waals surface area contributed by atoms with E-state index in [0.29, 0.717) is 42.4 Å². The number of carbonyl (C=O) groups excluding carboxylic acids is 1. The molecule has 0 aliphatic heterocycles. The zero-order chi connectivity index (χ0) is 21.3. The molecule has 0 spiro atoms. The summed E-state index contributed by atoms with van der Waals surface area (Å²) in [4.78, 5) is 19.3. The summed E-state index contributed by atoms with van der Waals surface area (Å²) in [6, 6.07) is 14.1. The highest BCUT2D eigenvalue weighted by Gasteiger charge is 2.08. The van der Waals surface area contributed by atoms with Gasteiger partial charge < -0.3 is 20.5 Å². The van der Waals surface area contributed by atoms with Crippen molar-refractivity contribution in [2.75, 3.05) is 18.5 Å². The van der Waals surface area contributed by atoms with Crippen LogP contribution in [-0.4, -0.2) is 29.1 Å². The molecule has 0 radical (unpaired) electrons. The third-order valence-electron chi connectivity index (χ3n) is 3.89. The van der Waals surface area contributed by atoms with Crippen LogP contribution in [0.5, 0.6) is 11.5 Å². The number of nitrogens with one attached hydrogen (secondary N) is 1. The van der Waals surface area contributed by atoms with E-state index in [4.69, 9.17) is 15.2 Å². The molecule has 3 rings (SSSR count). The molecule has 30 heavy (non-hydrogen) atoms. The van der Waals surface area contributed by atoms with Gasteiger partial charge in [0.05, 0.1) is 18.8 Å². The number of hydrogen-bond acceptors (Lipinski definition) is 7. The monoisotopic (exact) mass is 407 g/mol. The summed E-state index contributed by atoms with van der Waals surface area (Å²) in [6.45, 7) is 0.687. The second-order valence-electron chi connectivity index (χ2n) is 6.08. The van der Waals surface area contributed by atoms with Gasteiger partial charge in [0.2, 0.25) is 5.95 Å². The number of hydrogen-bond donors (Lipinski definition) is 2. The van der Waals surface area contributed by atoms with Gasteiger partial charge in [-0.15, -0.1) is 0 Å². The number of halogens is 1. The van der Waals surface area contributed by atoms with Crippen molar-refractivity contribution in [3.8, 4) is 17.6 Å². The van der Waals surface area contributed by atoms with Crippen molar-refractivity contribution in [3.63, 3.8) is 0 Å². The summed E-state index contributed by atoms with van der Waals surface area (Å²) in [5.41, 5.74) is 6.25. The van der Waals surface area contributed by atoms with Gasteiger partial charge in [-0.2, -0.15) is 5.26 Å². The van der Waals surface area contributed by atoms with Gasteiger partial charge in [0.1, 0.15) is 29.1 Å². The number of anilines is 2. The fourth-order valence-electron chi connectivity index (χ4n) is 2.46. The average Bonchev–Trinajstić information content (AvgIpc) is 2.75. The van der Waals surface area contributed by atoms with Crippen molar-refractivity contribution in [3.05, 3.63) is 71.8 Å². The number of amides is 1. The number of benzene rings is 2. The second-order valence-corrected chi connectivity index (χ2v) is 6.08. The molecular formula is C21H18FN5O3. The maximum absolute atomic E-state index is 12.9. The number of nitrogens with zero attached hydrogens (tertiary/aromatic N) is 3. The van der Waals surface area contributed by atoms with Gasteiger partial charge in [-0.25, -0.2) is 14.4 Å². The highest BCUT2D eigenvalue weighted by Crippen LogP contribution is 2.24. The molecule has 1 heterocycles. The topological polar surface area (TPSA) is 123 Å². The van der Waals surface area contributed by atoms with Crippen LogP contribution in [-0.2, 0) is 0 Å². The van der Waals surface area contributed by atoms with E-state index in [-0.39, 0.29) is 17.5 Å². The number of carbonyl (C=O) groups is 1. The molecule has 152 valence electrons. The number of ether oxygens (including phenoxy) is 2. The molecule has 1 aromatic heterocycles. The molecule has 0 saturated carbocycles. The van der Waals surface area contributed by atoms with Gasteiger partial charge in [0.15, 0.2) is 0 Å². The highest BCUT2D eigenvalue weighted by molar-refractivity contribution is 5.90. The molecule has 2 aromatic carbocycles. The molecule has 0 aliphatic rings. The fraction of sp³-hybridized carbons (Fsp3) is 0.143. The largest absolute Gasteiger partial charge is 0.493 e. The van der Waals surface area contributed by atoms with E-state index in [0.717, 1.165) is 0 Å². The van der Waals surface area contributed by atoms with Crippen LogP contribution in [0.4, 0.5) is 16.0 Å². The van der Waals surface area contributed by atoms with Crippen LogP contribution >= 0.6 is 0 Å². The van der Waals surface area contributed by atoms with Crippen molar-refractivity contribution < 1.29 is 18.7 Å². The zero-order valence-corrected chi connectivity index (χ0v) is 15.8. The lowest BCUT2D eigenvalue weighted by molar-refractivity contribution is 0.0995. The van der Waals surface area contributed by atoms with Crippen LogP contribution in [0.15, 0.2) is 54.7 Å². The van der Waals surface area contributed by atoms with Crippen molar-refractivity contribution in [2.45, 2.75) is 6.42 Å². The minimum Gasteiger partial charge on any atom is -0.493 e. The first-order valence-corrected chi connectivity index (χ1v) is 9.00. The van der Waals surface area contributed by atoms with Crippen LogP contribution in [0, 0.1) is 17.1 Å². The second kappa shape index (κ2) is 9.84. The van der Waals surface area contributed by atoms with E-state index in [1.165, 1.54) is 24.4 Å². The van der Waals surface area contributed by atoms with E-state index >= 15 is 0 Å². The van der Waals surface area contributed by atoms with E-state index in [1.807, 2.05) is 0 Å². The Morgan fingerprint density at radius 1 is 1.13 bits per heavy atom. The zero-order valence-electron chi connectivity index (χ0n) is 15.8. The molecular weight excluding hydrogens is 389 g/mol. The average molecular weight is 407 g/mol. The van der Waals surface area contributed by atoms with Gasteiger partial charge in [0, 0.05) is 24.4 Å². The normalized spacial score (nSPS) is 10.1. The molecule has 0 unspecified atom stereocenters. The van der Waals surface area contributed by atoms with Gasteiger partial charge in [-0.05, 0) is 42.5 Å². The van der Waals surface area contributed by atoms with Gasteiger partial charge in [-0.1, -0.05) is 0 Å². The Balaban J connectivity index is 1.57. The molecule has 1 amide bonds. The van der Waals surface area contributed by atoms with Crippen molar-refractivity contribution in [1.82, 2.24) is 9.97 Å². The Morgan fingerprint density at radius 2 is 1.90 bits per heavy atom. The maximum Gasteiger partial charge on any atom is 0.267 e. The predicted molar refractivity (Wildman–Crippen MR) is 107 cm³/mol. The number of primary amides is 1. The minimum atomic E-state index is -0.660. The van der Waals surface area contributed by atoms with Gasteiger partial charge >= 0.3 is 0 Å². The van der Waals surface area contributed by atoms with Crippen LogP contribution in [0.2, 0.25) is 0 Å². The van der Waals surface area contributed by atoms with Gasteiger partial charge in [-0.3, -0.25) is 4.79 Å². The lowest BCUT2D eigenvalue weighted by atomic mass is 10.2. The highest BCUT2D eigenvalue weighted by atomic mass is 19.1. The fourth-order valence-corrected chi connectivity index (χ4v) is 2.46. The SMILES string of the molecule is N#Cc1ccc(Nc2nccc(C(N)=O)n2)cc1OCCCOc1ccc(F)cc1. The first-order chi connectivity index (χ1) is 14.5. The standard InChI is InChI=1S/C21H18FN5O3/c22-15-3-6-17(7-4-15)29-10-1-11-30-19-12-16(5-2-14(19)13-23)26-21-25-9-8-18(27-21)20(24)28/h2-9,12H,1,10-11H2,(H2,24,28)(H,25,26,27).